The van der Waals surface area contributed by atoms with Gasteiger partial charge in [0, 0.05) is 12.8 Å². The smallest absolute Gasteiger partial charge is 0.305 e. The van der Waals surface area contributed by atoms with E-state index in [9.17, 15) is 19.8 Å². The molecule has 0 aliphatic carbocycles. The third-order valence-electron chi connectivity index (χ3n) is 6.72. The van der Waals surface area contributed by atoms with Gasteiger partial charge in [-0.15, -0.1) is 0 Å². The predicted molar refractivity (Wildman–Crippen MR) is 165 cm³/mol. The molecule has 2 N–H and O–H groups in total. The molecule has 0 amide bonds. The van der Waals surface area contributed by atoms with Crippen molar-refractivity contribution < 1.29 is 29.3 Å². The van der Waals surface area contributed by atoms with Crippen molar-refractivity contribution >= 4 is 11.9 Å². The number of rotatable bonds is 28. The fraction of sp³-hybridized carbons (Fsp3) is 0.765. The van der Waals surface area contributed by atoms with Gasteiger partial charge in [-0.1, -0.05) is 127 Å². The van der Waals surface area contributed by atoms with Crippen molar-refractivity contribution in [3.05, 3.63) is 36.5 Å². The molecule has 1 unspecified atom stereocenters. The summed E-state index contributed by atoms with van der Waals surface area (Å²) in [7, 11) is 0. The van der Waals surface area contributed by atoms with Gasteiger partial charge in [-0.05, 0) is 38.5 Å². The quantitative estimate of drug-likeness (QED) is 0.0430. The number of hydrogen-bond acceptors (Lipinski definition) is 6. The highest BCUT2D eigenvalue weighted by molar-refractivity contribution is 5.69. The van der Waals surface area contributed by atoms with E-state index < -0.39 is 12.2 Å². The van der Waals surface area contributed by atoms with Gasteiger partial charge in [0.2, 0.25) is 0 Å². The van der Waals surface area contributed by atoms with Crippen LogP contribution in [0.4, 0.5) is 0 Å². The lowest BCUT2D eigenvalue weighted by Crippen LogP contribution is -2.25. The zero-order valence-electron chi connectivity index (χ0n) is 25.7. The van der Waals surface area contributed by atoms with E-state index in [0.717, 1.165) is 64.2 Å². The van der Waals surface area contributed by atoms with Gasteiger partial charge in [-0.2, -0.15) is 0 Å². The topological polar surface area (TPSA) is 93.1 Å². The lowest BCUT2D eigenvalue weighted by Gasteiger charge is -2.12. The molecule has 0 aliphatic heterocycles. The van der Waals surface area contributed by atoms with Gasteiger partial charge < -0.3 is 19.7 Å². The first-order valence-electron chi connectivity index (χ1n) is 16.1. The summed E-state index contributed by atoms with van der Waals surface area (Å²) in [6.07, 6.45) is 30.9. The van der Waals surface area contributed by atoms with Crippen LogP contribution in [-0.4, -0.2) is 47.6 Å². The molecule has 0 radical (unpaired) electrons. The highest BCUT2D eigenvalue weighted by Gasteiger charge is 2.12. The van der Waals surface area contributed by atoms with Crippen molar-refractivity contribution in [2.75, 3.05) is 13.2 Å². The van der Waals surface area contributed by atoms with Crippen molar-refractivity contribution in [1.82, 2.24) is 0 Å². The summed E-state index contributed by atoms with van der Waals surface area (Å²) >= 11 is 0. The van der Waals surface area contributed by atoms with E-state index in [1.54, 1.807) is 6.08 Å². The molecule has 0 fully saturated rings. The summed E-state index contributed by atoms with van der Waals surface area (Å²) < 4.78 is 10.2. The molecule has 2 atom stereocenters. The standard InChI is InChI=1S/C34H60O6/c1-3-5-7-8-9-10-13-16-19-23-27-33(37)39-29-32(36)30-40-34(38)28-24-20-17-14-11-12-15-18-22-26-31(35)25-21-6-4-2/h6,15,18,21-22,26,31-32,35-36H,3-5,7-14,16-17,19-20,23-25,27-30H2,1-2H3/b18-15+,21-6+,26-22+/t31?,32-/m0/s1. The number of hydrogen-bond donors (Lipinski definition) is 2. The lowest BCUT2D eigenvalue weighted by atomic mass is 10.1. The maximum atomic E-state index is 11.9. The van der Waals surface area contributed by atoms with E-state index in [0.29, 0.717) is 19.3 Å². The van der Waals surface area contributed by atoms with Gasteiger partial charge in [0.25, 0.3) is 0 Å². The minimum Gasteiger partial charge on any atom is -0.463 e. The van der Waals surface area contributed by atoms with Crippen LogP contribution < -0.4 is 0 Å². The number of aliphatic hydroxyl groups excluding tert-OH is 2. The van der Waals surface area contributed by atoms with Crippen molar-refractivity contribution in [3.8, 4) is 0 Å². The molecule has 0 aromatic rings. The largest absolute Gasteiger partial charge is 0.463 e. The Balaban J connectivity index is 3.55. The summed E-state index contributed by atoms with van der Waals surface area (Å²) in [5, 5.41) is 19.7. The summed E-state index contributed by atoms with van der Waals surface area (Å²) in [5.41, 5.74) is 0. The predicted octanol–water partition coefficient (Wildman–Crippen LogP) is 8.31. The fourth-order valence-corrected chi connectivity index (χ4v) is 4.24. The van der Waals surface area contributed by atoms with Crippen LogP contribution >= 0.6 is 0 Å². The third kappa shape index (κ3) is 29.1. The molecular formula is C34H60O6. The molecule has 0 aromatic heterocycles. The van der Waals surface area contributed by atoms with Crippen LogP contribution in [0.1, 0.15) is 142 Å². The first kappa shape index (κ1) is 38.1. The first-order chi connectivity index (χ1) is 19.5. The fourth-order valence-electron chi connectivity index (χ4n) is 4.24. The molecule has 0 heterocycles. The minimum atomic E-state index is -0.982. The highest BCUT2D eigenvalue weighted by Crippen LogP contribution is 2.12. The van der Waals surface area contributed by atoms with Crippen molar-refractivity contribution in [3.63, 3.8) is 0 Å². The monoisotopic (exact) mass is 564 g/mol. The number of carbonyl (C=O) groups is 2. The zero-order chi connectivity index (χ0) is 29.5. The van der Waals surface area contributed by atoms with Crippen LogP contribution in [0.2, 0.25) is 0 Å². The van der Waals surface area contributed by atoms with Crippen LogP contribution in [0.5, 0.6) is 0 Å². The summed E-state index contributed by atoms with van der Waals surface area (Å²) in [6.45, 7) is 4.03. The Morgan fingerprint density at radius 1 is 0.625 bits per heavy atom. The third-order valence-corrected chi connectivity index (χ3v) is 6.72. The van der Waals surface area contributed by atoms with E-state index in [1.807, 2.05) is 18.2 Å². The highest BCUT2D eigenvalue weighted by atomic mass is 16.6. The van der Waals surface area contributed by atoms with E-state index >= 15 is 0 Å². The van der Waals surface area contributed by atoms with E-state index in [-0.39, 0.29) is 25.2 Å². The van der Waals surface area contributed by atoms with Crippen molar-refractivity contribution in [2.24, 2.45) is 0 Å². The van der Waals surface area contributed by atoms with Crippen molar-refractivity contribution in [1.29, 1.82) is 0 Å². The summed E-state index contributed by atoms with van der Waals surface area (Å²) in [5.74, 6) is -0.621. The Hall–Kier alpha value is -1.92. The first-order valence-corrected chi connectivity index (χ1v) is 16.1. The number of aliphatic hydroxyl groups is 2. The van der Waals surface area contributed by atoms with Crippen LogP contribution in [0.25, 0.3) is 0 Å². The van der Waals surface area contributed by atoms with E-state index in [4.69, 9.17) is 9.47 Å². The SMILES string of the molecule is CC/C=C/CC(O)/C=C/C=C/CCCCCCCC(=O)OC[C@@H](O)COC(=O)CCCCCCCCCCCC. The average Bonchev–Trinajstić information content (AvgIpc) is 2.94. The van der Waals surface area contributed by atoms with Gasteiger partial charge in [-0.25, -0.2) is 0 Å². The molecule has 0 spiro atoms. The minimum absolute atomic E-state index is 0.134. The molecule has 6 heteroatoms. The molecule has 0 saturated heterocycles. The zero-order valence-corrected chi connectivity index (χ0v) is 25.7. The lowest BCUT2D eigenvalue weighted by molar-refractivity contribution is -0.152. The normalized spacial score (nSPS) is 13.4. The van der Waals surface area contributed by atoms with Crippen LogP contribution in [0, 0.1) is 0 Å². The Bertz CT molecular complexity index is 669. The Kier molecular flexibility index (Phi) is 28.6. The van der Waals surface area contributed by atoms with Gasteiger partial charge >= 0.3 is 11.9 Å². The summed E-state index contributed by atoms with van der Waals surface area (Å²) in [6, 6.07) is 0. The number of esters is 2. The number of allylic oxidation sites excluding steroid dienone is 4. The maximum absolute atomic E-state index is 11.9. The molecule has 6 nitrogen and oxygen atoms in total. The average molecular weight is 565 g/mol. The number of carbonyl (C=O) groups excluding carboxylic acids is 2. The molecule has 0 rings (SSSR count). The molecule has 0 saturated carbocycles. The van der Waals surface area contributed by atoms with Gasteiger partial charge in [0.05, 0.1) is 6.10 Å². The van der Waals surface area contributed by atoms with Crippen LogP contribution in [-0.2, 0) is 19.1 Å². The molecule has 0 bridgehead atoms. The van der Waals surface area contributed by atoms with Gasteiger partial charge in [-0.3, -0.25) is 9.59 Å². The second kappa shape index (κ2) is 30.0. The molecule has 232 valence electrons. The Labute approximate surface area is 245 Å². The molecule has 40 heavy (non-hydrogen) atoms. The second-order valence-electron chi connectivity index (χ2n) is 10.8. The molecule has 0 aliphatic rings. The van der Waals surface area contributed by atoms with E-state index in [1.165, 1.54) is 44.9 Å². The molecule has 0 aromatic carbocycles. The van der Waals surface area contributed by atoms with Crippen LogP contribution in [0.15, 0.2) is 36.5 Å². The van der Waals surface area contributed by atoms with Crippen molar-refractivity contribution in [2.45, 2.75) is 154 Å². The van der Waals surface area contributed by atoms with Gasteiger partial charge in [0.15, 0.2) is 0 Å². The number of unbranched alkanes of at least 4 members (excludes halogenated alkanes) is 14. The number of ether oxygens (including phenoxy) is 2. The Morgan fingerprint density at radius 2 is 1.12 bits per heavy atom. The van der Waals surface area contributed by atoms with E-state index in [2.05, 4.69) is 26.0 Å². The maximum Gasteiger partial charge on any atom is 0.305 e. The molecular weight excluding hydrogens is 504 g/mol. The van der Waals surface area contributed by atoms with Crippen LogP contribution in [0.3, 0.4) is 0 Å². The van der Waals surface area contributed by atoms with Gasteiger partial charge in [0.1, 0.15) is 19.3 Å². The second-order valence-corrected chi connectivity index (χ2v) is 10.8. The summed E-state index contributed by atoms with van der Waals surface area (Å²) in [4.78, 5) is 23.7. The Morgan fingerprint density at radius 3 is 1.65 bits per heavy atom.